The first-order chi connectivity index (χ1) is 9.06. The van der Waals surface area contributed by atoms with Crippen molar-refractivity contribution in [3.63, 3.8) is 0 Å². The van der Waals surface area contributed by atoms with Crippen molar-refractivity contribution in [1.29, 1.82) is 0 Å². The molecule has 2 atom stereocenters. The molecule has 0 radical (unpaired) electrons. The van der Waals surface area contributed by atoms with Gasteiger partial charge in [-0.25, -0.2) is 4.39 Å². The number of halogens is 2. The first kappa shape index (κ1) is 14.3. The Balaban J connectivity index is 1.87. The third-order valence-corrected chi connectivity index (χ3v) is 3.91. The topological polar surface area (TPSA) is 49.3 Å². The average Bonchev–Trinajstić information content (AvgIpc) is 2.40. The molecule has 2 rings (SSSR count). The highest BCUT2D eigenvalue weighted by Crippen LogP contribution is 2.25. The highest BCUT2D eigenvalue weighted by atomic mass is 35.5. The smallest absolute Gasteiger partial charge is 0.306 e. The Bertz CT molecular complexity index is 467. The van der Waals surface area contributed by atoms with Crippen molar-refractivity contribution >= 4 is 17.6 Å². The summed E-state index contributed by atoms with van der Waals surface area (Å²) in [6.07, 6.45) is 3.29. The van der Waals surface area contributed by atoms with Gasteiger partial charge < -0.3 is 10.4 Å². The van der Waals surface area contributed by atoms with Crippen molar-refractivity contribution < 1.29 is 14.3 Å². The van der Waals surface area contributed by atoms with Gasteiger partial charge >= 0.3 is 5.97 Å². The van der Waals surface area contributed by atoms with E-state index in [4.69, 9.17) is 16.7 Å². The van der Waals surface area contributed by atoms with Gasteiger partial charge in [0.1, 0.15) is 5.82 Å². The van der Waals surface area contributed by atoms with Gasteiger partial charge in [0.25, 0.3) is 0 Å². The van der Waals surface area contributed by atoms with E-state index in [-0.39, 0.29) is 17.0 Å². The van der Waals surface area contributed by atoms with Crippen LogP contribution >= 0.6 is 11.6 Å². The van der Waals surface area contributed by atoms with Gasteiger partial charge in [-0.3, -0.25) is 4.79 Å². The summed E-state index contributed by atoms with van der Waals surface area (Å²) in [7, 11) is 0. The van der Waals surface area contributed by atoms with Crippen LogP contribution in [0.1, 0.15) is 31.2 Å². The molecule has 0 amide bonds. The quantitative estimate of drug-likeness (QED) is 0.893. The molecule has 0 aromatic heterocycles. The number of hydrogen-bond donors (Lipinski definition) is 2. The largest absolute Gasteiger partial charge is 0.481 e. The van der Waals surface area contributed by atoms with E-state index in [0.717, 1.165) is 24.8 Å². The molecule has 1 aliphatic carbocycles. The molecule has 0 heterocycles. The number of hydrogen-bond acceptors (Lipinski definition) is 2. The van der Waals surface area contributed by atoms with Crippen molar-refractivity contribution in [2.24, 2.45) is 5.92 Å². The van der Waals surface area contributed by atoms with E-state index in [1.54, 1.807) is 6.07 Å². The standard InChI is InChI=1S/C14H17ClFNO2/c15-12-5-4-9(6-13(12)16)8-17-11-3-1-2-10(7-11)14(18)19/h4-6,10-11,17H,1-3,7-8H2,(H,18,19). The van der Waals surface area contributed by atoms with E-state index in [1.807, 2.05) is 0 Å². The van der Waals surface area contributed by atoms with Crippen LogP contribution in [0.5, 0.6) is 0 Å². The summed E-state index contributed by atoms with van der Waals surface area (Å²) in [4.78, 5) is 11.0. The molecular weight excluding hydrogens is 269 g/mol. The summed E-state index contributed by atoms with van der Waals surface area (Å²) in [5, 5.41) is 12.4. The normalized spacial score (nSPS) is 23.3. The number of nitrogens with one attached hydrogen (secondary N) is 1. The summed E-state index contributed by atoms with van der Waals surface area (Å²) in [5.74, 6) is -1.40. The predicted molar refractivity (Wildman–Crippen MR) is 71.6 cm³/mol. The zero-order valence-electron chi connectivity index (χ0n) is 10.5. The van der Waals surface area contributed by atoms with Crippen molar-refractivity contribution in [2.75, 3.05) is 0 Å². The molecule has 1 fully saturated rings. The number of carboxylic acid groups (broad SMARTS) is 1. The summed E-state index contributed by atoms with van der Waals surface area (Å²) in [6, 6.07) is 4.91. The number of carboxylic acids is 1. The Morgan fingerprint density at radius 2 is 2.26 bits per heavy atom. The minimum atomic E-state index is -0.718. The molecule has 1 aliphatic rings. The van der Waals surface area contributed by atoms with Crippen molar-refractivity contribution in [3.05, 3.63) is 34.6 Å². The fourth-order valence-electron chi connectivity index (χ4n) is 2.51. The lowest BCUT2D eigenvalue weighted by molar-refractivity contribution is -0.143. The van der Waals surface area contributed by atoms with Crippen LogP contribution in [0, 0.1) is 11.7 Å². The second kappa shape index (κ2) is 6.35. The van der Waals surface area contributed by atoms with Crippen LogP contribution in [-0.4, -0.2) is 17.1 Å². The Kier molecular flexibility index (Phi) is 4.77. The highest BCUT2D eigenvalue weighted by Gasteiger charge is 2.26. The van der Waals surface area contributed by atoms with Gasteiger partial charge in [-0.1, -0.05) is 24.1 Å². The van der Waals surface area contributed by atoms with Crippen LogP contribution in [0.15, 0.2) is 18.2 Å². The van der Waals surface area contributed by atoms with E-state index < -0.39 is 11.8 Å². The Hall–Kier alpha value is -1.13. The maximum Gasteiger partial charge on any atom is 0.306 e. The minimum Gasteiger partial charge on any atom is -0.481 e. The molecule has 1 saturated carbocycles. The van der Waals surface area contributed by atoms with Gasteiger partial charge in [-0.2, -0.15) is 0 Å². The Morgan fingerprint density at radius 3 is 2.95 bits per heavy atom. The molecule has 1 aromatic carbocycles. The molecule has 19 heavy (non-hydrogen) atoms. The third kappa shape index (κ3) is 3.91. The number of rotatable bonds is 4. The molecule has 3 nitrogen and oxygen atoms in total. The zero-order chi connectivity index (χ0) is 13.8. The summed E-state index contributed by atoms with van der Waals surface area (Å²) < 4.78 is 13.3. The van der Waals surface area contributed by atoms with Gasteiger partial charge in [0.2, 0.25) is 0 Å². The van der Waals surface area contributed by atoms with Crippen LogP contribution in [0.2, 0.25) is 5.02 Å². The second-order valence-electron chi connectivity index (χ2n) is 5.03. The van der Waals surface area contributed by atoms with Crippen LogP contribution in [0.4, 0.5) is 4.39 Å². The fourth-order valence-corrected chi connectivity index (χ4v) is 2.63. The van der Waals surface area contributed by atoms with Gasteiger partial charge in [0.15, 0.2) is 0 Å². The first-order valence-corrected chi connectivity index (χ1v) is 6.84. The van der Waals surface area contributed by atoms with Crippen LogP contribution in [0.25, 0.3) is 0 Å². The molecule has 0 bridgehead atoms. The van der Waals surface area contributed by atoms with Gasteiger partial charge in [0, 0.05) is 12.6 Å². The van der Waals surface area contributed by atoms with E-state index in [9.17, 15) is 9.18 Å². The van der Waals surface area contributed by atoms with Gasteiger partial charge in [-0.15, -0.1) is 0 Å². The minimum absolute atomic E-state index is 0.118. The predicted octanol–water partition coefficient (Wildman–Crippen LogP) is 3.21. The lowest BCUT2D eigenvalue weighted by atomic mass is 9.86. The maximum atomic E-state index is 13.3. The van der Waals surface area contributed by atoms with E-state index in [2.05, 4.69) is 5.32 Å². The molecule has 2 N–H and O–H groups in total. The maximum absolute atomic E-state index is 13.3. The number of benzene rings is 1. The zero-order valence-corrected chi connectivity index (χ0v) is 11.3. The van der Waals surface area contributed by atoms with Gasteiger partial charge in [0.05, 0.1) is 10.9 Å². The van der Waals surface area contributed by atoms with Crippen LogP contribution < -0.4 is 5.32 Å². The molecule has 104 valence electrons. The molecule has 5 heteroatoms. The van der Waals surface area contributed by atoms with Gasteiger partial charge in [-0.05, 0) is 37.0 Å². The molecule has 1 aromatic rings. The van der Waals surface area contributed by atoms with Crippen molar-refractivity contribution in [2.45, 2.75) is 38.3 Å². The van der Waals surface area contributed by atoms with Crippen molar-refractivity contribution in [3.8, 4) is 0 Å². The highest BCUT2D eigenvalue weighted by molar-refractivity contribution is 6.30. The lowest BCUT2D eigenvalue weighted by Gasteiger charge is -2.27. The molecular formula is C14H17ClFNO2. The van der Waals surface area contributed by atoms with Crippen molar-refractivity contribution in [1.82, 2.24) is 5.32 Å². The van der Waals surface area contributed by atoms with E-state index in [1.165, 1.54) is 12.1 Å². The Morgan fingerprint density at radius 1 is 1.47 bits per heavy atom. The fraction of sp³-hybridized carbons (Fsp3) is 0.500. The molecule has 0 aliphatic heterocycles. The second-order valence-corrected chi connectivity index (χ2v) is 5.44. The lowest BCUT2D eigenvalue weighted by Crippen LogP contribution is -2.36. The SMILES string of the molecule is O=C(O)C1CCCC(NCc2ccc(Cl)c(F)c2)C1. The van der Waals surface area contributed by atoms with Crippen LogP contribution in [0.3, 0.4) is 0 Å². The third-order valence-electron chi connectivity index (χ3n) is 3.60. The summed E-state index contributed by atoms with van der Waals surface area (Å²) >= 11 is 5.62. The monoisotopic (exact) mass is 285 g/mol. The summed E-state index contributed by atoms with van der Waals surface area (Å²) in [5.41, 5.74) is 0.819. The average molecular weight is 286 g/mol. The first-order valence-electron chi connectivity index (χ1n) is 6.46. The molecule has 2 unspecified atom stereocenters. The van der Waals surface area contributed by atoms with E-state index in [0.29, 0.717) is 13.0 Å². The Labute approximate surface area is 116 Å². The number of aliphatic carboxylic acids is 1. The van der Waals surface area contributed by atoms with Crippen LogP contribution in [-0.2, 0) is 11.3 Å². The molecule has 0 saturated heterocycles. The summed E-state index contributed by atoms with van der Waals surface area (Å²) in [6.45, 7) is 0.533. The molecule has 0 spiro atoms. The number of carbonyl (C=O) groups is 1. The van der Waals surface area contributed by atoms with E-state index >= 15 is 0 Å².